The molecular weight excluding hydrogens is 285 g/mol. The van der Waals surface area contributed by atoms with Crippen LogP contribution in [0, 0.1) is 17.5 Å². The van der Waals surface area contributed by atoms with E-state index in [-0.39, 0.29) is 11.3 Å². The molecule has 0 aliphatic rings. The summed E-state index contributed by atoms with van der Waals surface area (Å²) >= 11 is 0. The van der Waals surface area contributed by atoms with Crippen molar-refractivity contribution in [2.45, 2.75) is 26.2 Å². The smallest absolute Gasteiger partial charge is 0.339 e. The fraction of sp³-hybridized carbons (Fsp3) is 0.286. The molecule has 1 heterocycles. The minimum Gasteiger partial charge on any atom is -0.478 e. The monoisotopic (exact) mass is 298 g/mol. The fourth-order valence-corrected chi connectivity index (χ4v) is 2.07. The van der Waals surface area contributed by atoms with Crippen LogP contribution in [0.5, 0.6) is 0 Å². The number of hydrogen-bond donors (Lipinski definition) is 1. The number of benzene rings is 1. The first-order valence-electron chi connectivity index (χ1n) is 6.40. The zero-order chi connectivity index (χ0) is 15.6. The third-order valence-electron chi connectivity index (χ3n) is 3.06. The summed E-state index contributed by atoms with van der Waals surface area (Å²) in [5.41, 5.74) is -0.504. The van der Waals surface area contributed by atoms with Crippen molar-refractivity contribution in [2.24, 2.45) is 0 Å². The molecule has 0 saturated heterocycles. The topological polar surface area (TPSA) is 55.1 Å². The van der Waals surface area contributed by atoms with Gasteiger partial charge in [-0.2, -0.15) is 5.10 Å². The number of carboxylic acid groups (broad SMARTS) is 1. The van der Waals surface area contributed by atoms with E-state index in [1.807, 2.05) is 6.92 Å². The SMILES string of the molecule is CCCCc1c(C(=O)O)cnn1-c1c(F)cc(F)cc1F. The maximum absolute atomic E-state index is 13.8. The summed E-state index contributed by atoms with van der Waals surface area (Å²) in [4.78, 5) is 11.2. The van der Waals surface area contributed by atoms with E-state index in [1.165, 1.54) is 0 Å². The van der Waals surface area contributed by atoms with E-state index in [1.54, 1.807) is 0 Å². The normalized spacial score (nSPS) is 10.9. The van der Waals surface area contributed by atoms with Crippen molar-refractivity contribution >= 4 is 5.97 Å². The van der Waals surface area contributed by atoms with Gasteiger partial charge in [0, 0.05) is 12.1 Å². The Kier molecular flexibility index (Phi) is 4.30. The van der Waals surface area contributed by atoms with Gasteiger partial charge in [-0.25, -0.2) is 22.6 Å². The maximum Gasteiger partial charge on any atom is 0.339 e. The Morgan fingerprint density at radius 2 is 1.90 bits per heavy atom. The van der Waals surface area contributed by atoms with Gasteiger partial charge in [0.25, 0.3) is 0 Å². The minimum absolute atomic E-state index is 0.119. The van der Waals surface area contributed by atoms with Crippen LogP contribution in [-0.4, -0.2) is 20.9 Å². The van der Waals surface area contributed by atoms with Crippen LogP contribution in [0.4, 0.5) is 13.2 Å². The Balaban J connectivity index is 2.61. The second kappa shape index (κ2) is 5.99. The Hall–Kier alpha value is -2.31. The predicted molar refractivity (Wildman–Crippen MR) is 69.0 cm³/mol. The van der Waals surface area contributed by atoms with Gasteiger partial charge in [-0.3, -0.25) is 0 Å². The van der Waals surface area contributed by atoms with Gasteiger partial charge in [-0.15, -0.1) is 0 Å². The number of rotatable bonds is 5. The zero-order valence-corrected chi connectivity index (χ0v) is 11.2. The van der Waals surface area contributed by atoms with Gasteiger partial charge >= 0.3 is 5.97 Å². The number of unbranched alkanes of at least 4 members (excludes halogenated alkanes) is 1. The molecule has 0 amide bonds. The van der Waals surface area contributed by atoms with E-state index in [9.17, 15) is 18.0 Å². The van der Waals surface area contributed by atoms with Crippen molar-refractivity contribution in [3.05, 3.63) is 47.0 Å². The van der Waals surface area contributed by atoms with E-state index in [2.05, 4.69) is 5.10 Å². The molecule has 0 aliphatic carbocycles. The first-order valence-corrected chi connectivity index (χ1v) is 6.40. The molecule has 1 N–H and O–H groups in total. The molecule has 112 valence electrons. The molecule has 0 saturated carbocycles. The molecule has 0 fully saturated rings. The van der Waals surface area contributed by atoms with E-state index < -0.39 is 29.1 Å². The van der Waals surface area contributed by atoms with Crippen molar-refractivity contribution in [3.63, 3.8) is 0 Å². The Morgan fingerprint density at radius 1 is 1.29 bits per heavy atom. The first-order chi connectivity index (χ1) is 9.95. The third-order valence-corrected chi connectivity index (χ3v) is 3.06. The minimum atomic E-state index is -1.23. The fourth-order valence-electron chi connectivity index (χ4n) is 2.07. The zero-order valence-electron chi connectivity index (χ0n) is 11.2. The molecule has 0 atom stereocenters. The molecule has 1 aromatic heterocycles. The lowest BCUT2D eigenvalue weighted by Crippen LogP contribution is -2.10. The van der Waals surface area contributed by atoms with Crippen molar-refractivity contribution < 1.29 is 23.1 Å². The number of aromatic nitrogens is 2. The van der Waals surface area contributed by atoms with Crippen LogP contribution < -0.4 is 0 Å². The molecule has 4 nitrogen and oxygen atoms in total. The maximum atomic E-state index is 13.8. The van der Waals surface area contributed by atoms with Crippen LogP contribution in [0.2, 0.25) is 0 Å². The average molecular weight is 298 g/mol. The molecule has 1 aromatic carbocycles. The van der Waals surface area contributed by atoms with E-state index >= 15 is 0 Å². The molecule has 0 aliphatic heterocycles. The summed E-state index contributed by atoms with van der Waals surface area (Å²) in [5, 5.41) is 12.9. The highest BCUT2D eigenvalue weighted by molar-refractivity contribution is 5.88. The summed E-state index contributed by atoms with van der Waals surface area (Å²) < 4.78 is 41.5. The van der Waals surface area contributed by atoms with Crippen LogP contribution in [0.25, 0.3) is 5.69 Å². The van der Waals surface area contributed by atoms with Crippen molar-refractivity contribution in [1.29, 1.82) is 0 Å². The lowest BCUT2D eigenvalue weighted by Gasteiger charge is -2.10. The van der Waals surface area contributed by atoms with Crippen molar-refractivity contribution in [3.8, 4) is 5.69 Å². The highest BCUT2D eigenvalue weighted by Gasteiger charge is 2.22. The van der Waals surface area contributed by atoms with Gasteiger partial charge in [0.15, 0.2) is 11.6 Å². The summed E-state index contributed by atoms with van der Waals surface area (Å²) in [6.07, 6.45) is 2.75. The molecule has 0 spiro atoms. The molecule has 7 heteroatoms. The van der Waals surface area contributed by atoms with Crippen LogP contribution >= 0.6 is 0 Å². The van der Waals surface area contributed by atoms with Crippen LogP contribution in [0.15, 0.2) is 18.3 Å². The van der Waals surface area contributed by atoms with Gasteiger partial charge < -0.3 is 5.11 Å². The number of hydrogen-bond acceptors (Lipinski definition) is 2. The van der Waals surface area contributed by atoms with Crippen molar-refractivity contribution in [1.82, 2.24) is 9.78 Å². The summed E-state index contributed by atoms with van der Waals surface area (Å²) in [5.74, 6) is -4.54. The molecule has 21 heavy (non-hydrogen) atoms. The average Bonchev–Trinajstić information content (AvgIpc) is 2.79. The van der Waals surface area contributed by atoms with E-state index in [0.29, 0.717) is 25.0 Å². The van der Waals surface area contributed by atoms with Crippen LogP contribution in [-0.2, 0) is 6.42 Å². The molecule has 2 aromatic rings. The standard InChI is InChI=1S/C14H13F3N2O2/c1-2-3-4-12-9(14(20)21)7-18-19(12)13-10(16)5-8(15)6-11(13)17/h5-7H,2-4H2,1H3,(H,20,21). The van der Waals surface area contributed by atoms with Gasteiger partial charge in [-0.05, 0) is 12.8 Å². The Bertz CT molecular complexity index is 660. The third kappa shape index (κ3) is 2.91. The Morgan fingerprint density at radius 3 is 2.43 bits per heavy atom. The van der Waals surface area contributed by atoms with Gasteiger partial charge in [-0.1, -0.05) is 13.3 Å². The summed E-state index contributed by atoms with van der Waals surface area (Å²) in [7, 11) is 0. The van der Waals surface area contributed by atoms with Gasteiger partial charge in [0.05, 0.1) is 11.9 Å². The van der Waals surface area contributed by atoms with Crippen molar-refractivity contribution in [2.75, 3.05) is 0 Å². The lowest BCUT2D eigenvalue weighted by molar-refractivity contribution is 0.0695. The van der Waals surface area contributed by atoms with Crippen LogP contribution in [0.3, 0.4) is 0 Å². The van der Waals surface area contributed by atoms with Gasteiger partial charge in [0.2, 0.25) is 0 Å². The summed E-state index contributed by atoms with van der Waals surface area (Å²) in [6.45, 7) is 1.90. The van der Waals surface area contributed by atoms with Gasteiger partial charge in [0.1, 0.15) is 17.1 Å². The molecule has 0 bridgehead atoms. The van der Waals surface area contributed by atoms with E-state index in [4.69, 9.17) is 5.11 Å². The number of halogens is 3. The molecular formula is C14H13F3N2O2. The number of carboxylic acids is 1. The predicted octanol–water partition coefficient (Wildman–Crippen LogP) is 3.33. The van der Waals surface area contributed by atoms with E-state index in [0.717, 1.165) is 17.3 Å². The molecule has 0 unspecified atom stereocenters. The summed E-state index contributed by atoms with van der Waals surface area (Å²) in [6, 6.07) is 1.06. The van der Waals surface area contributed by atoms with Crippen LogP contribution in [0.1, 0.15) is 35.8 Å². The number of nitrogens with zero attached hydrogens (tertiary/aromatic N) is 2. The lowest BCUT2D eigenvalue weighted by atomic mass is 10.1. The second-order valence-electron chi connectivity index (χ2n) is 4.54. The molecule has 2 rings (SSSR count). The Labute approximate surface area is 118 Å². The molecule has 0 radical (unpaired) electrons. The quantitative estimate of drug-likeness (QED) is 0.921. The first kappa shape index (κ1) is 15.1. The largest absolute Gasteiger partial charge is 0.478 e. The number of carbonyl (C=O) groups is 1. The highest BCUT2D eigenvalue weighted by Crippen LogP contribution is 2.23. The second-order valence-corrected chi connectivity index (χ2v) is 4.54. The number of aromatic carboxylic acids is 1. The highest BCUT2D eigenvalue weighted by atomic mass is 19.1.